The molecule has 0 aliphatic carbocycles. The summed E-state index contributed by atoms with van der Waals surface area (Å²) in [6, 6.07) is 12.9. The summed E-state index contributed by atoms with van der Waals surface area (Å²) in [6.45, 7) is 4.45. The van der Waals surface area contributed by atoms with Gasteiger partial charge in [-0.05, 0) is 44.4 Å². The van der Waals surface area contributed by atoms with Crippen molar-refractivity contribution in [3.05, 3.63) is 71.3 Å². The first kappa shape index (κ1) is 28.1. The Morgan fingerprint density at radius 2 is 1.69 bits per heavy atom. The molecular formula is C25H31F3N2O5. The predicted molar refractivity (Wildman–Crippen MR) is 123 cm³/mol. The summed E-state index contributed by atoms with van der Waals surface area (Å²) in [5.74, 6) is -0.509. The SMILES string of the molecule is CC(C)(C)OC(=O)N(CCC(=O)NOCc1ccccc1)[C@@H](CO)Cc1cccc(C(F)(F)F)c1. The van der Waals surface area contributed by atoms with E-state index in [2.05, 4.69) is 5.48 Å². The van der Waals surface area contributed by atoms with Gasteiger partial charge in [0.15, 0.2) is 0 Å². The molecule has 0 aliphatic rings. The molecular weight excluding hydrogens is 465 g/mol. The minimum absolute atomic E-state index is 0.0637. The lowest BCUT2D eigenvalue weighted by Crippen LogP contribution is -2.47. The number of hydrogen-bond donors (Lipinski definition) is 2. The molecule has 0 saturated heterocycles. The van der Waals surface area contributed by atoms with Gasteiger partial charge in [0.05, 0.1) is 24.8 Å². The highest BCUT2D eigenvalue weighted by molar-refractivity contribution is 5.76. The van der Waals surface area contributed by atoms with Crippen molar-refractivity contribution in [2.24, 2.45) is 0 Å². The number of carbonyl (C=O) groups excluding carboxylic acids is 2. The molecule has 0 aliphatic heterocycles. The summed E-state index contributed by atoms with van der Waals surface area (Å²) >= 11 is 0. The maximum atomic E-state index is 13.1. The van der Waals surface area contributed by atoms with E-state index in [0.717, 1.165) is 22.6 Å². The number of alkyl halides is 3. The fourth-order valence-corrected chi connectivity index (χ4v) is 3.21. The van der Waals surface area contributed by atoms with Crippen LogP contribution in [-0.2, 0) is 33.6 Å². The lowest BCUT2D eigenvalue weighted by molar-refractivity contribution is -0.137. The summed E-state index contributed by atoms with van der Waals surface area (Å²) in [4.78, 5) is 31.5. The topological polar surface area (TPSA) is 88.1 Å². The number of aliphatic hydroxyl groups is 1. The van der Waals surface area contributed by atoms with Gasteiger partial charge < -0.3 is 14.7 Å². The van der Waals surface area contributed by atoms with Gasteiger partial charge in [-0.25, -0.2) is 10.3 Å². The largest absolute Gasteiger partial charge is 0.444 e. The Labute approximate surface area is 202 Å². The minimum atomic E-state index is -4.52. The van der Waals surface area contributed by atoms with Crippen LogP contribution < -0.4 is 5.48 Å². The van der Waals surface area contributed by atoms with Gasteiger partial charge in [-0.2, -0.15) is 13.2 Å². The number of nitrogens with zero attached hydrogens (tertiary/aromatic N) is 1. The van der Waals surface area contributed by atoms with Crippen molar-refractivity contribution in [1.29, 1.82) is 0 Å². The second kappa shape index (κ2) is 12.6. The van der Waals surface area contributed by atoms with Crippen LogP contribution in [0.3, 0.4) is 0 Å². The summed E-state index contributed by atoms with van der Waals surface area (Å²) in [7, 11) is 0. The van der Waals surface area contributed by atoms with Crippen molar-refractivity contribution < 1.29 is 37.4 Å². The fourth-order valence-electron chi connectivity index (χ4n) is 3.21. The molecule has 0 bridgehead atoms. The molecule has 0 unspecified atom stereocenters. The number of benzene rings is 2. The van der Waals surface area contributed by atoms with E-state index in [1.807, 2.05) is 30.3 Å². The zero-order valence-corrected chi connectivity index (χ0v) is 20.0. The molecule has 0 radical (unpaired) electrons. The second-order valence-corrected chi connectivity index (χ2v) is 8.96. The number of nitrogens with one attached hydrogen (secondary N) is 1. The molecule has 10 heteroatoms. The van der Waals surface area contributed by atoms with Gasteiger partial charge in [-0.3, -0.25) is 9.63 Å². The number of rotatable bonds is 10. The summed E-state index contributed by atoms with van der Waals surface area (Å²) < 4.78 is 44.7. The molecule has 192 valence electrons. The lowest BCUT2D eigenvalue weighted by Gasteiger charge is -2.32. The number of ether oxygens (including phenoxy) is 1. The van der Waals surface area contributed by atoms with Crippen LogP contribution in [0.15, 0.2) is 54.6 Å². The molecule has 0 fully saturated rings. The number of aliphatic hydroxyl groups excluding tert-OH is 1. The highest BCUT2D eigenvalue weighted by atomic mass is 19.4. The van der Waals surface area contributed by atoms with Crippen LogP contribution in [0.2, 0.25) is 0 Å². The molecule has 2 aromatic carbocycles. The first-order valence-electron chi connectivity index (χ1n) is 11.1. The Balaban J connectivity index is 2.07. The van der Waals surface area contributed by atoms with Gasteiger partial charge in [-0.15, -0.1) is 0 Å². The van der Waals surface area contributed by atoms with Gasteiger partial charge in [0.1, 0.15) is 5.60 Å². The normalized spacial score (nSPS) is 12.7. The molecule has 2 amide bonds. The number of hydroxylamine groups is 1. The van der Waals surface area contributed by atoms with Gasteiger partial charge >= 0.3 is 12.3 Å². The van der Waals surface area contributed by atoms with Crippen LogP contribution in [0, 0.1) is 0 Å². The average molecular weight is 497 g/mol. The molecule has 1 atom stereocenters. The Bertz CT molecular complexity index is 962. The Morgan fingerprint density at radius 1 is 1.03 bits per heavy atom. The van der Waals surface area contributed by atoms with Gasteiger partial charge in [0.25, 0.3) is 0 Å². The Kier molecular flexibility index (Phi) is 10.1. The maximum absolute atomic E-state index is 13.1. The summed E-state index contributed by atoms with van der Waals surface area (Å²) in [5.41, 5.74) is 1.75. The van der Waals surface area contributed by atoms with Crippen molar-refractivity contribution in [3.8, 4) is 0 Å². The smallest absolute Gasteiger partial charge is 0.416 e. The first-order chi connectivity index (χ1) is 16.4. The van der Waals surface area contributed by atoms with E-state index in [-0.39, 0.29) is 31.6 Å². The highest BCUT2D eigenvalue weighted by Gasteiger charge is 2.32. The zero-order valence-electron chi connectivity index (χ0n) is 20.0. The minimum Gasteiger partial charge on any atom is -0.444 e. The van der Waals surface area contributed by atoms with E-state index in [1.54, 1.807) is 20.8 Å². The van der Waals surface area contributed by atoms with E-state index in [4.69, 9.17) is 9.57 Å². The van der Waals surface area contributed by atoms with Crippen LogP contribution in [0.4, 0.5) is 18.0 Å². The molecule has 2 N–H and O–H groups in total. The maximum Gasteiger partial charge on any atom is 0.416 e. The van der Waals surface area contributed by atoms with Crippen LogP contribution in [0.5, 0.6) is 0 Å². The van der Waals surface area contributed by atoms with Crippen molar-refractivity contribution in [3.63, 3.8) is 0 Å². The Hall–Kier alpha value is -3.11. The van der Waals surface area contributed by atoms with Crippen molar-refractivity contribution in [2.45, 2.75) is 58.0 Å². The molecule has 0 saturated carbocycles. The fraction of sp³-hybridized carbons (Fsp3) is 0.440. The van der Waals surface area contributed by atoms with E-state index < -0.39 is 42.0 Å². The second-order valence-electron chi connectivity index (χ2n) is 8.96. The zero-order chi connectivity index (χ0) is 26.1. The third-order valence-electron chi connectivity index (χ3n) is 4.85. The predicted octanol–water partition coefficient (Wildman–Crippen LogP) is 4.48. The van der Waals surface area contributed by atoms with E-state index in [0.29, 0.717) is 0 Å². The molecule has 2 rings (SSSR count). The van der Waals surface area contributed by atoms with Crippen molar-refractivity contribution >= 4 is 12.0 Å². The van der Waals surface area contributed by atoms with Crippen LogP contribution in [0.1, 0.15) is 43.9 Å². The monoisotopic (exact) mass is 496 g/mol. The third kappa shape index (κ3) is 9.96. The van der Waals surface area contributed by atoms with Crippen LogP contribution in [-0.4, -0.2) is 46.8 Å². The van der Waals surface area contributed by atoms with Crippen molar-refractivity contribution in [1.82, 2.24) is 10.4 Å². The van der Waals surface area contributed by atoms with Gasteiger partial charge in [0.2, 0.25) is 5.91 Å². The van der Waals surface area contributed by atoms with Crippen LogP contribution in [0.25, 0.3) is 0 Å². The number of halogens is 3. The van der Waals surface area contributed by atoms with E-state index in [1.165, 1.54) is 12.1 Å². The van der Waals surface area contributed by atoms with E-state index >= 15 is 0 Å². The lowest BCUT2D eigenvalue weighted by atomic mass is 10.0. The highest BCUT2D eigenvalue weighted by Crippen LogP contribution is 2.30. The van der Waals surface area contributed by atoms with E-state index in [9.17, 15) is 27.9 Å². The quantitative estimate of drug-likeness (QED) is 0.474. The number of carbonyl (C=O) groups is 2. The third-order valence-corrected chi connectivity index (χ3v) is 4.85. The van der Waals surface area contributed by atoms with Gasteiger partial charge in [0, 0.05) is 13.0 Å². The molecule has 7 nitrogen and oxygen atoms in total. The van der Waals surface area contributed by atoms with Crippen molar-refractivity contribution in [2.75, 3.05) is 13.2 Å². The molecule has 2 aromatic rings. The molecule has 0 spiro atoms. The molecule has 0 aromatic heterocycles. The number of hydrogen-bond acceptors (Lipinski definition) is 5. The van der Waals surface area contributed by atoms with Crippen LogP contribution >= 0.6 is 0 Å². The standard InChI is InChI=1S/C25H31F3N2O5/c1-24(2,3)35-23(33)30(13-12-22(32)29-34-17-18-8-5-4-6-9-18)21(16-31)15-19-10-7-11-20(14-19)25(26,27)28/h4-11,14,21,31H,12-13,15-17H2,1-3H3,(H,29,32)/t21-/m1/s1. The molecule has 35 heavy (non-hydrogen) atoms. The summed E-state index contributed by atoms with van der Waals surface area (Å²) in [5, 5.41) is 9.97. The number of amides is 2. The average Bonchev–Trinajstić information content (AvgIpc) is 2.77. The summed E-state index contributed by atoms with van der Waals surface area (Å²) in [6.07, 6.45) is -5.55. The molecule has 0 heterocycles. The Morgan fingerprint density at radius 3 is 2.29 bits per heavy atom. The first-order valence-corrected chi connectivity index (χ1v) is 11.1. The van der Waals surface area contributed by atoms with Gasteiger partial charge in [-0.1, -0.05) is 48.5 Å².